The molecule has 0 radical (unpaired) electrons. The number of amides is 2. The van der Waals surface area contributed by atoms with Gasteiger partial charge in [-0.05, 0) is 36.1 Å². The van der Waals surface area contributed by atoms with Crippen LogP contribution in [0.1, 0.15) is 24.0 Å². The molecule has 1 unspecified atom stereocenters. The number of nitrogens with zero attached hydrogens (tertiary/aromatic N) is 2. The molecule has 1 fully saturated rings. The summed E-state index contributed by atoms with van der Waals surface area (Å²) in [4.78, 5) is 29.6. The van der Waals surface area contributed by atoms with Gasteiger partial charge in [0.1, 0.15) is 11.5 Å². The van der Waals surface area contributed by atoms with Gasteiger partial charge in [0, 0.05) is 20.2 Å². The first kappa shape index (κ1) is 19.3. The maximum atomic E-state index is 13.4. The van der Waals surface area contributed by atoms with E-state index in [9.17, 15) is 14.0 Å². The number of ether oxygens (including phenoxy) is 1. The lowest BCUT2D eigenvalue weighted by atomic mass is 10.0. The van der Waals surface area contributed by atoms with Crippen LogP contribution in [0.3, 0.4) is 0 Å². The monoisotopic (exact) mass is 394 g/mol. The SMILES string of the molecule is CN(Cc1ccccc1)C1=C(c2ccc(F)cc2)C(=O)N(CC2CCCO2)C1=O. The average Bonchev–Trinajstić information content (AvgIpc) is 3.32. The molecule has 2 aromatic rings. The molecule has 2 aliphatic rings. The highest BCUT2D eigenvalue weighted by Gasteiger charge is 2.42. The molecule has 0 N–H and O–H groups in total. The van der Waals surface area contributed by atoms with Crippen molar-refractivity contribution in [1.82, 2.24) is 9.80 Å². The molecule has 0 aliphatic carbocycles. The van der Waals surface area contributed by atoms with E-state index in [0.29, 0.717) is 30.0 Å². The Balaban J connectivity index is 1.69. The fourth-order valence-corrected chi connectivity index (χ4v) is 3.89. The molecule has 2 aliphatic heterocycles. The van der Waals surface area contributed by atoms with E-state index in [1.165, 1.54) is 17.0 Å². The molecule has 0 saturated carbocycles. The second-order valence-corrected chi connectivity index (χ2v) is 7.43. The van der Waals surface area contributed by atoms with Gasteiger partial charge in [0.05, 0.1) is 18.2 Å². The van der Waals surface area contributed by atoms with Crippen LogP contribution in [-0.2, 0) is 20.9 Å². The minimum absolute atomic E-state index is 0.129. The van der Waals surface area contributed by atoms with Gasteiger partial charge >= 0.3 is 0 Å². The third-order valence-electron chi connectivity index (χ3n) is 5.33. The summed E-state index contributed by atoms with van der Waals surface area (Å²) in [6.07, 6.45) is 1.63. The molecule has 2 heterocycles. The minimum atomic E-state index is -0.387. The van der Waals surface area contributed by atoms with E-state index < -0.39 is 0 Å². The molecule has 29 heavy (non-hydrogen) atoms. The van der Waals surface area contributed by atoms with Crippen LogP contribution in [-0.4, -0.2) is 47.9 Å². The second-order valence-electron chi connectivity index (χ2n) is 7.43. The quantitative estimate of drug-likeness (QED) is 0.706. The average molecular weight is 394 g/mol. The number of rotatable bonds is 6. The maximum absolute atomic E-state index is 13.4. The van der Waals surface area contributed by atoms with Gasteiger partial charge in [-0.3, -0.25) is 14.5 Å². The standard InChI is InChI=1S/C23H23FN2O3/c1-25(14-16-6-3-2-4-7-16)21-20(17-9-11-18(24)12-10-17)22(27)26(23(21)28)15-19-8-5-13-29-19/h2-4,6-7,9-12,19H,5,8,13-15H2,1H3. The summed E-state index contributed by atoms with van der Waals surface area (Å²) >= 11 is 0. The van der Waals surface area contributed by atoms with Crippen molar-refractivity contribution in [2.24, 2.45) is 0 Å². The van der Waals surface area contributed by atoms with Gasteiger partial charge in [0.15, 0.2) is 0 Å². The molecule has 4 rings (SSSR count). The summed E-state index contributed by atoms with van der Waals surface area (Å²) in [5.74, 6) is -1.07. The molecular weight excluding hydrogens is 371 g/mol. The Morgan fingerprint density at radius 2 is 1.79 bits per heavy atom. The molecule has 2 amide bonds. The lowest BCUT2D eigenvalue weighted by molar-refractivity contribution is -0.139. The van der Waals surface area contributed by atoms with E-state index in [2.05, 4.69) is 0 Å². The zero-order valence-electron chi connectivity index (χ0n) is 16.3. The molecule has 1 atom stereocenters. The van der Waals surface area contributed by atoms with E-state index in [1.807, 2.05) is 30.3 Å². The van der Waals surface area contributed by atoms with Crippen molar-refractivity contribution in [3.8, 4) is 0 Å². The Kier molecular flexibility index (Phi) is 5.45. The van der Waals surface area contributed by atoms with Crippen molar-refractivity contribution in [2.45, 2.75) is 25.5 Å². The molecule has 0 bridgehead atoms. The van der Waals surface area contributed by atoms with E-state index in [1.54, 1.807) is 24.1 Å². The number of imide groups is 1. The highest BCUT2D eigenvalue weighted by Crippen LogP contribution is 2.32. The first-order chi connectivity index (χ1) is 14.0. The van der Waals surface area contributed by atoms with Crippen LogP contribution in [0.15, 0.2) is 60.3 Å². The Morgan fingerprint density at radius 1 is 1.07 bits per heavy atom. The normalized spacial score (nSPS) is 19.4. The number of carbonyl (C=O) groups is 2. The van der Waals surface area contributed by atoms with Gasteiger partial charge in [-0.15, -0.1) is 0 Å². The Bertz CT molecular complexity index is 934. The predicted molar refractivity (Wildman–Crippen MR) is 107 cm³/mol. The fourth-order valence-electron chi connectivity index (χ4n) is 3.89. The number of benzene rings is 2. The van der Waals surface area contributed by atoms with E-state index >= 15 is 0 Å². The van der Waals surface area contributed by atoms with Gasteiger partial charge in [0.25, 0.3) is 11.8 Å². The lowest BCUT2D eigenvalue weighted by Gasteiger charge is -2.22. The summed E-state index contributed by atoms with van der Waals surface area (Å²) in [6, 6.07) is 15.4. The molecular formula is C23H23FN2O3. The second kappa shape index (κ2) is 8.17. The number of hydrogen-bond donors (Lipinski definition) is 0. The van der Waals surface area contributed by atoms with Gasteiger partial charge < -0.3 is 9.64 Å². The van der Waals surface area contributed by atoms with E-state index in [4.69, 9.17) is 4.74 Å². The highest BCUT2D eigenvalue weighted by atomic mass is 19.1. The molecule has 2 aromatic carbocycles. The summed E-state index contributed by atoms with van der Waals surface area (Å²) in [5, 5.41) is 0. The van der Waals surface area contributed by atoms with Crippen LogP contribution in [0, 0.1) is 5.82 Å². The molecule has 6 heteroatoms. The minimum Gasteiger partial charge on any atom is -0.376 e. The fraction of sp³-hybridized carbons (Fsp3) is 0.304. The number of halogens is 1. The largest absolute Gasteiger partial charge is 0.376 e. The van der Waals surface area contributed by atoms with Crippen molar-refractivity contribution in [1.29, 1.82) is 0 Å². The predicted octanol–water partition coefficient (Wildman–Crippen LogP) is 3.22. The summed E-state index contributed by atoms with van der Waals surface area (Å²) < 4.78 is 19.1. The summed E-state index contributed by atoms with van der Waals surface area (Å²) in [6.45, 7) is 1.37. The Hall–Kier alpha value is -2.99. The van der Waals surface area contributed by atoms with Crippen LogP contribution in [0.5, 0.6) is 0 Å². The smallest absolute Gasteiger partial charge is 0.277 e. The first-order valence-electron chi connectivity index (χ1n) is 9.77. The maximum Gasteiger partial charge on any atom is 0.277 e. The third kappa shape index (κ3) is 3.93. The Morgan fingerprint density at radius 3 is 2.45 bits per heavy atom. The zero-order valence-corrected chi connectivity index (χ0v) is 16.3. The van der Waals surface area contributed by atoms with Crippen LogP contribution in [0.4, 0.5) is 4.39 Å². The Labute approximate surface area is 169 Å². The molecule has 0 spiro atoms. The van der Waals surface area contributed by atoms with E-state index in [0.717, 1.165) is 18.4 Å². The van der Waals surface area contributed by atoms with Crippen LogP contribution in [0.2, 0.25) is 0 Å². The highest BCUT2D eigenvalue weighted by molar-refractivity contribution is 6.35. The number of hydrogen-bond acceptors (Lipinski definition) is 4. The van der Waals surface area contributed by atoms with E-state index in [-0.39, 0.29) is 30.3 Å². The van der Waals surface area contributed by atoms with Crippen molar-refractivity contribution in [2.75, 3.05) is 20.2 Å². The van der Waals surface area contributed by atoms with Crippen LogP contribution < -0.4 is 0 Å². The van der Waals surface area contributed by atoms with Crippen molar-refractivity contribution in [3.05, 3.63) is 77.2 Å². The van der Waals surface area contributed by atoms with Crippen molar-refractivity contribution < 1.29 is 18.7 Å². The van der Waals surface area contributed by atoms with Gasteiger partial charge in [-0.1, -0.05) is 42.5 Å². The molecule has 150 valence electrons. The lowest BCUT2D eigenvalue weighted by Crippen LogP contribution is -2.39. The topological polar surface area (TPSA) is 49.9 Å². The summed E-state index contributed by atoms with van der Waals surface area (Å²) in [7, 11) is 1.80. The first-order valence-corrected chi connectivity index (χ1v) is 9.77. The van der Waals surface area contributed by atoms with Crippen molar-refractivity contribution in [3.63, 3.8) is 0 Å². The molecule has 5 nitrogen and oxygen atoms in total. The zero-order chi connectivity index (χ0) is 20.4. The van der Waals surface area contributed by atoms with Crippen LogP contribution in [0.25, 0.3) is 5.57 Å². The number of likely N-dealkylation sites (N-methyl/N-ethyl adjacent to an activating group) is 1. The number of carbonyl (C=O) groups excluding carboxylic acids is 2. The summed E-state index contributed by atoms with van der Waals surface area (Å²) in [5.41, 5.74) is 2.21. The van der Waals surface area contributed by atoms with Gasteiger partial charge in [0.2, 0.25) is 0 Å². The third-order valence-corrected chi connectivity index (χ3v) is 5.33. The van der Waals surface area contributed by atoms with Crippen molar-refractivity contribution >= 4 is 17.4 Å². The van der Waals surface area contributed by atoms with Gasteiger partial charge in [-0.25, -0.2) is 4.39 Å². The van der Waals surface area contributed by atoms with Gasteiger partial charge in [-0.2, -0.15) is 0 Å². The van der Waals surface area contributed by atoms with Crippen LogP contribution >= 0.6 is 0 Å². The molecule has 0 aromatic heterocycles. The molecule has 1 saturated heterocycles.